The summed E-state index contributed by atoms with van der Waals surface area (Å²) in [6.07, 6.45) is 1.75. The fraction of sp³-hybridized carbons (Fsp3) is 0.280. The summed E-state index contributed by atoms with van der Waals surface area (Å²) in [4.78, 5) is 40.1. The van der Waals surface area contributed by atoms with Gasteiger partial charge < -0.3 is 29.8 Å². The Morgan fingerprint density at radius 2 is 1.89 bits per heavy atom. The van der Waals surface area contributed by atoms with E-state index < -0.39 is 23.8 Å². The van der Waals surface area contributed by atoms with Crippen molar-refractivity contribution in [2.75, 3.05) is 26.2 Å². The Labute approximate surface area is 201 Å². The minimum atomic E-state index is -1.06. The third kappa shape index (κ3) is 5.43. The van der Waals surface area contributed by atoms with Crippen molar-refractivity contribution < 1.29 is 28.6 Å². The van der Waals surface area contributed by atoms with Crippen LogP contribution in [0.1, 0.15) is 30.0 Å². The number of carbonyl (C=O) groups is 3. The van der Waals surface area contributed by atoms with Gasteiger partial charge in [-0.25, -0.2) is 0 Å². The number of piperazine rings is 1. The first-order valence-corrected chi connectivity index (χ1v) is 11.2. The molecule has 1 atom stereocenters. The van der Waals surface area contributed by atoms with Crippen LogP contribution in [0, 0.1) is 5.41 Å². The highest BCUT2D eigenvalue weighted by Crippen LogP contribution is 2.29. The molecular formula is C25H26N4O6. The maximum atomic E-state index is 13.0. The molecule has 1 fully saturated rings. The number of carboxylic acid groups (broad SMARTS) is 1. The second-order valence-electron chi connectivity index (χ2n) is 8.26. The second kappa shape index (κ2) is 10.3. The van der Waals surface area contributed by atoms with E-state index in [1.54, 1.807) is 54.8 Å². The number of nitrogens with zero attached hydrogens (tertiary/aromatic N) is 2. The van der Waals surface area contributed by atoms with Gasteiger partial charge in [-0.1, -0.05) is 6.07 Å². The smallest absolute Gasteiger partial charge is 0.312 e. The molecule has 1 aliphatic rings. The molecule has 182 valence electrons. The van der Waals surface area contributed by atoms with Gasteiger partial charge in [0.15, 0.2) is 0 Å². The van der Waals surface area contributed by atoms with E-state index in [0.29, 0.717) is 48.6 Å². The third-order valence-electron chi connectivity index (χ3n) is 5.95. The topological polar surface area (TPSA) is 150 Å². The molecule has 1 saturated heterocycles. The van der Waals surface area contributed by atoms with Gasteiger partial charge in [0.05, 0.1) is 25.3 Å². The lowest BCUT2D eigenvalue weighted by Gasteiger charge is -2.38. The first kappa shape index (κ1) is 23.8. The molecule has 0 bridgehead atoms. The number of hydrogen-bond donors (Lipinski definition) is 3. The van der Waals surface area contributed by atoms with Gasteiger partial charge in [0.25, 0.3) is 0 Å². The molecular weight excluding hydrogens is 452 g/mol. The van der Waals surface area contributed by atoms with Gasteiger partial charge in [0, 0.05) is 30.6 Å². The van der Waals surface area contributed by atoms with Crippen LogP contribution in [0.15, 0.2) is 59.2 Å². The van der Waals surface area contributed by atoms with Gasteiger partial charge in [0.2, 0.25) is 0 Å². The highest BCUT2D eigenvalue weighted by Gasteiger charge is 2.37. The average molecular weight is 479 g/mol. The summed E-state index contributed by atoms with van der Waals surface area (Å²) in [5, 5.41) is 17.7. The molecule has 4 rings (SSSR count). The van der Waals surface area contributed by atoms with Crippen molar-refractivity contribution >= 4 is 34.6 Å². The average Bonchev–Trinajstić information content (AvgIpc) is 3.31. The normalized spacial score (nSPS) is 14.9. The summed E-state index contributed by atoms with van der Waals surface area (Å²) in [5.74, 6) is -1.82. The Kier molecular flexibility index (Phi) is 7.00. The van der Waals surface area contributed by atoms with Crippen LogP contribution in [0.4, 0.5) is 0 Å². The van der Waals surface area contributed by atoms with Crippen molar-refractivity contribution in [1.29, 1.82) is 5.41 Å². The maximum absolute atomic E-state index is 13.0. The number of amidine groups is 1. The standard InChI is InChI=1S/C25H26N4O6/c26-23(27)16-2-5-19(6-3-16)34-12-1-9-28-10-11-29(25(33)24(28)32)20(15-22(30)31)17-4-7-21-18(14-17)8-13-35-21/h2-8,13-14,20H,1,9-12,15H2,(H3,26,27)(H,30,31). The Morgan fingerprint density at radius 1 is 1.11 bits per heavy atom. The first-order chi connectivity index (χ1) is 16.8. The van der Waals surface area contributed by atoms with E-state index in [4.69, 9.17) is 20.3 Å². The number of hydrogen-bond acceptors (Lipinski definition) is 6. The number of amides is 2. The zero-order valence-electron chi connectivity index (χ0n) is 19.0. The fourth-order valence-electron chi connectivity index (χ4n) is 4.14. The largest absolute Gasteiger partial charge is 0.494 e. The minimum absolute atomic E-state index is 0.0218. The predicted octanol–water partition coefficient (Wildman–Crippen LogP) is 2.37. The number of furan rings is 1. The zero-order chi connectivity index (χ0) is 24.9. The number of aliphatic carboxylic acids is 1. The fourth-order valence-corrected chi connectivity index (χ4v) is 4.14. The van der Waals surface area contributed by atoms with Gasteiger partial charge in [0.1, 0.15) is 17.2 Å². The zero-order valence-corrected chi connectivity index (χ0v) is 19.0. The predicted molar refractivity (Wildman–Crippen MR) is 127 cm³/mol. The first-order valence-electron chi connectivity index (χ1n) is 11.2. The quantitative estimate of drug-likeness (QED) is 0.175. The highest BCUT2D eigenvalue weighted by atomic mass is 16.5. The molecule has 35 heavy (non-hydrogen) atoms. The minimum Gasteiger partial charge on any atom is -0.494 e. The van der Waals surface area contributed by atoms with Crippen molar-refractivity contribution in [2.45, 2.75) is 18.9 Å². The summed E-state index contributed by atoms with van der Waals surface area (Å²) < 4.78 is 11.0. The van der Waals surface area contributed by atoms with Gasteiger partial charge >= 0.3 is 17.8 Å². The second-order valence-corrected chi connectivity index (χ2v) is 8.26. The van der Waals surface area contributed by atoms with E-state index in [1.165, 1.54) is 9.80 Å². The lowest BCUT2D eigenvalue weighted by atomic mass is 9.99. The Hall–Kier alpha value is -4.34. The van der Waals surface area contributed by atoms with Crippen molar-refractivity contribution in [2.24, 2.45) is 5.73 Å². The summed E-state index contributed by atoms with van der Waals surface area (Å²) in [7, 11) is 0. The molecule has 1 unspecified atom stereocenters. The van der Waals surface area contributed by atoms with Crippen LogP contribution in [0.3, 0.4) is 0 Å². The van der Waals surface area contributed by atoms with Crippen molar-refractivity contribution in [3.8, 4) is 5.75 Å². The summed E-state index contributed by atoms with van der Waals surface area (Å²) in [6, 6.07) is 13.1. The molecule has 4 N–H and O–H groups in total. The van der Waals surface area contributed by atoms with Crippen molar-refractivity contribution in [1.82, 2.24) is 9.80 Å². The Morgan fingerprint density at radius 3 is 2.60 bits per heavy atom. The van der Waals surface area contributed by atoms with Crippen LogP contribution >= 0.6 is 0 Å². The number of carbonyl (C=O) groups excluding carboxylic acids is 2. The van der Waals surface area contributed by atoms with Gasteiger partial charge in [-0.05, 0) is 54.4 Å². The number of fused-ring (bicyclic) bond motifs is 1. The molecule has 2 aromatic carbocycles. The van der Waals surface area contributed by atoms with Gasteiger partial charge in [-0.3, -0.25) is 19.8 Å². The molecule has 1 aromatic heterocycles. The number of carboxylic acids is 1. The number of benzene rings is 2. The Bertz CT molecular complexity index is 1250. The van der Waals surface area contributed by atoms with Crippen LogP contribution in [-0.2, 0) is 14.4 Å². The van der Waals surface area contributed by atoms with Crippen molar-refractivity contribution in [3.05, 3.63) is 65.9 Å². The monoisotopic (exact) mass is 478 g/mol. The lowest BCUT2D eigenvalue weighted by molar-refractivity contribution is -0.159. The number of nitrogens with one attached hydrogen (secondary N) is 1. The lowest BCUT2D eigenvalue weighted by Crippen LogP contribution is -2.55. The molecule has 10 nitrogen and oxygen atoms in total. The molecule has 2 amide bonds. The molecule has 0 spiro atoms. The van der Waals surface area contributed by atoms with E-state index in [0.717, 1.165) is 5.39 Å². The van der Waals surface area contributed by atoms with Gasteiger partial charge in [-0.15, -0.1) is 0 Å². The highest BCUT2D eigenvalue weighted by molar-refractivity contribution is 6.35. The number of ether oxygens (including phenoxy) is 1. The summed E-state index contributed by atoms with van der Waals surface area (Å²) >= 11 is 0. The van der Waals surface area contributed by atoms with E-state index in [1.807, 2.05) is 0 Å². The summed E-state index contributed by atoms with van der Waals surface area (Å²) in [5.41, 5.74) is 7.34. The molecule has 10 heteroatoms. The van der Waals surface area contributed by atoms with Crippen LogP contribution in [0.5, 0.6) is 5.75 Å². The van der Waals surface area contributed by atoms with Crippen LogP contribution in [0.25, 0.3) is 11.0 Å². The van der Waals surface area contributed by atoms with E-state index in [-0.39, 0.29) is 18.8 Å². The third-order valence-corrected chi connectivity index (χ3v) is 5.95. The number of nitrogens with two attached hydrogens (primary N) is 1. The van der Waals surface area contributed by atoms with Crippen LogP contribution < -0.4 is 10.5 Å². The molecule has 0 saturated carbocycles. The van der Waals surface area contributed by atoms with Crippen molar-refractivity contribution in [3.63, 3.8) is 0 Å². The molecule has 0 radical (unpaired) electrons. The molecule has 3 aromatic rings. The van der Waals surface area contributed by atoms with Crippen LogP contribution in [-0.4, -0.2) is 64.8 Å². The number of rotatable bonds is 10. The number of nitrogen functional groups attached to an aromatic ring is 1. The Balaban J connectivity index is 1.35. The van der Waals surface area contributed by atoms with E-state index in [9.17, 15) is 19.5 Å². The molecule has 0 aliphatic carbocycles. The maximum Gasteiger partial charge on any atom is 0.312 e. The molecule has 1 aliphatic heterocycles. The van der Waals surface area contributed by atoms with E-state index in [2.05, 4.69) is 0 Å². The SMILES string of the molecule is N=C(N)c1ccc(OCCCN2CCN(C(CC(=O)O)c3ccc4occc4c3)C(=O)C2=O)cc1. The molecule has 2 heterocycles. The summed E-state index contributed by atoms with van der Waals surface area (Å²) in [6.45, 7) is 1.23. The van der Waals surface area contributed by atoms with Gasteiger partial charge in [-0.2, -0.15) is 0 Å². The van der Waals surface area contributed by atoms with Crippen LogP contribution in [0.2, 0.25) is 0 Å². The van der Waals surface area contributed by atoms with E-state index >= 15 is 0 Å².